The molecule has 0 saturated heterocycles. The summed E-state index contributed by atoms with van der Waals surface area (Å²) in [6.45, 7) is 0. The van der Waals surface area contributed by atoms with Crippen LogP contribution in [0.2, 0.25) is 0 Å². The topological polar surface area (TPSA) is 75.6 Å². The highest BCUT2D eigenvalue weighted by Crippen LogP contribution is 2.39. The van der Waals surface area contributed by atoms with Gasteiger partial charge in [-0.2, -0.15) is 5.26 Å². The van der Waals surface area contributed by atoms with E-state index in [1.807, 2.05) is 84.9 Å². The highest BCUT2D eigenvalue weighted by molar-refractivity contribution is 6.13. The van der Waals surface area contributed by atoms with Gasteiger partial charge in [-0.3, -0.25) is 0 Å². The second-order valence-electron chi connectivity index (χ2n) is 14.0. The van der Waals surface area contributed by atoms with Gasteiger partial charge in [0.2, 0.25) is 0 Å². The molecule has 0 atom stereocenters. The molecule has 266 valence electrons. The number of hydrogen-bond acceptors (Lipinski definition) is 5. The maximum atomic E-state index is 9.40. The van der Waals surface area contributed by atoms with Gasteiger partial charge in [-0.15, -0.1) is 0 Å². The van der Waals surface area contributed by atoms with Gasteiger partial charge in [0.15, 0.2) is 17.5 Å². The molecular weight excluding hydrogens is 697 g/mol. The van der Waals surface area contributed by atoms with Crippen LogP contribution in [0, 0.1) is 11.3 Å². The average Bonchev–Trinajstić information content (AvgIpc) is 3.68. The predicted molar refractivity (Wildman–Crippen MR) is 230 cm³/mol. The van der Waals surface area contributed by atoms with Crippen LogP contribution >= 0.6 is 0 Å². The summed E-state index contributed by atoms with van der Waals surface area (Å²) in [6.07, 6.45) is 0. The third-order valence-corrected chi connectivity index (χ3v) is 10.4. The maximum Gasteiger partial charge on any atom is 0.164 e. The zero-order chi connectivity index (χ0) is 38.1. The molecule has 0 aliphatic rings. The minimum absolute atomic E-state index is 0.564. The lowest BCUT2D eigenvalue weighted by molar-refractivity contribution is 0.669. The Morgan fingerprint density at radius 3 is 1.51 bits per heavy atom. The Morgan fingerprint density at radius 2 is 0.825 bits per heavy atom. The Bertz CT molecular complexity index is 3110. The fourth-order valence-electron chi connectivity index (χ4n) is 7.49. The third kappa shape index (κ3) is 6.52. The fraction of sp³-hybridized carbons (Fsp3) is 0. The number of nitrogens with zero attached hydrogens (tertiary/aromatic N) is 4. The van der Waals surface area contributed by atoms with E-state index < -0.39 is 0 Å². The lowest BCUT2D eigenvalue weighted by atomic mass is 9.96. The number of aromatic nitrogens is 3. The molecule has 0 aliphatic carbocycles. The van der Waals surface area contributed by atoms with Crippen LogP contribution in [0.15, 0.2) is 199 Å². The smallest absolute Gasteiger partial charge is 0.164 e. The van der Waals surface area contributed by atoms with Crippen LogP contribution in [0.5, 0.6) is 0 Å². The van der Waals surface area contributed by atoms with Gasteiger partial charge in [0.05, 0.1) is 11.6 Å². The summed E-state index contributed by atoms with van der Waals surface area (Å²) < 4.78 is 6.52. The number of hydrogen-bond donors (Lipinski definition) is 0. The van der Waals surface area contributed by atoms with Crippen LogP contribution in [0.4, 0.5) is 0 Å². The molecule has 0 fully saturated rings. The number of benzene rings is 8. The summed E-state index contributed by atoms with van der Waals surface area (Å²) in [5.74, 6) is 1.74. The summed E-state index contributed by atoms with van der Waals surface area (Å²) in [4.78, 5) is 15.0. The molecule has 8 aromatic carbocycles. The van der Waals surface area contributed by atoms with E-state index in [9.17, 15) is 5.26 Å². The van der Waals surface area contributed by atoms with Crippen molar-refractivity contribution in [2.24, 2.45) is 0 Å². The second kappa shape index (κ2) is 14.4. The zero-order valence-corrected chi connectivity index (χ0v) is 30.7. The first-order valence-electron chi connectivity index (χ1n) is 18.8. The molecule has 10 aromatic rings. The van der Waals surface area contributed by atoms with Crippen molar-refractivity contribution < 1.29 is 4.42 Å². The van der Waals surface area contributed by atoms with Gasteiger partial charge in [-0.1, -0.05) is 158 Å². The quantitative estimate of drug-likeness (QED) is 0.163. The molecule has 0 N–H and O–H groups in total. The number of nitriles is 1. The van der Waals surface area contributed by atoms with Crippen molar-refractivity contribution in [2.45, 2.75) is 0 Å². The van der Waals surface area contributed by atoms with Crippen molar-refractivity contribution in [3.8, 4) is 84.7 Å². The van der Waals surface area contributed by atoms with E-state index in [1.165, 1.54) is 11.1 Å². The van der Waals surface area contributed by atoms with Crippen LogP contribution < -0.4 is 0 Å². The Morgan fingerprint density at radius 1 is 0.351 bits per heavy atom. The van der Waals surface area contributed by atoms with Gasteiger partial charge < -0.3 is 4.42 Å². The molecule has 0 aliphatic heterocycles. The lowest BCUT2D eigenvalue weighted by Gasteiger charge is -2.10. The molecule has 0 unspecified atom stereocenters. The van der Waals surface area contributed by atoms with E-state index in [2.05, 4.69) is 115 Å². The monoisotopic (exact) mass is 728 g/mol. The van der Waals surface area contributed by atoms with Crippen LogP contribution in [-0.2, 0) is 0 Å². The molecule has 0 amide bonds. The van der Waals surface area contributed by atoms with E-state index in [4.69, 9.17) is 19.4 Å². The van der Waals surface area contributed by atoms with Gasteiger partial charge >= 0.3 is 0 Å². The fourth-order valence-corrected chi connectivity index (χ4v) is 7.49. The molecule has 0 saturated carbocycles. The highest BCUT2D eigenvalue weighted by Gasteiger charge is 2.17. The lowest BCUT2D eigenvalue weighted by Crippen LogP contribution is -2.00. The van der Waals surface area contributed by atoms with Crippen molar-refractivity contribution in [3.63, 3.8) is 0 Å². The molecule has 5 nitrogen and oxygen atoms in total. The van der Waals surface area contributed by atoms with E-state index >= 15 is 0 Å². The van der Waals surface area contributed by atoms with Gasteiger partial charge in [0, 0.05) is 27.5 Å². The molecule has 0 radical (unpaired) electrons. The van der Waals surface area contributed by atoms with Gasteiger partial charge in [0.25, 0.3) is 0 Å². The molecule has 0 bridgehead atoms. The summed E-state index contributed by atoms with van der Waals surface area (Å²) >= 11 is 0. The van der Waals surface area contributed by atoms with Gasteiger partial charge in [-0.05, 0) is 80.9 Å². The molecular formula is C52H32N4O. The molecule has 2 heterocycles. The molecule has 57 heavy (non-hydrogen) atoms. The summed E-state index contributed by atoms with van der Waals surface area (Å²) in [5, 5.41) is 11.5. The van der Waals surface area contributed by atoms with Gasteiger partial charge in [0.1, 0.15) is 11.2 Å². The SMILES string of the molecule is N#Cc1cccc(-c2cccc(-c3ccc(-c4nc(-c5ccccc5)nc(-c5ccc6c(c5)oc5cccc(-c7ccc(-c8ccccc8)cc7)c56)n4)cc3)c2)c1. The first-order valence-corrected chi connectivity index (χ1v) is 18.8. The Balaban J connectivity index is 1.01. The Kier molecular flexibility index (Phi) is 8.48. The number of rotatable bonds is 7. The van der Waals surface area contributed by atoms with Crippen molar-refractivity contribution >= 4 is 21.9 Å². The molecule has 5 heteroatoms. The number of furan rings is 1. The van der Waals surface area contributed by atoms with Crippen LogP contribution in [0.3, 0.4) is 0 Å². The minimum atomic E-state index is 0.564. The largest absolute Gasteiger partial charge is 0.456 e. The van der Waals surface area contributed by atoms with Crippen LogP contribution in [0.1, 0.15) is 5.56 Å². The Labute approximate surface area is 329 Å². The molecule has 10 rings (SSSR count). The normalized spacial score (nSPS) is 11.1. The first-order chi connectivity index (χ1) is 28.2. The summed E-state index contributed by atoms with van der Waals surface area (Å²) in [6, 6.07) is 68.2. The van der Waals surface area contributed by atoms with E-state index in [1.54, 1.807) is 0 Å². The minimum Gasteiger partial charge on any atom is -0.456 e. The van der Waals surface area contributed by atoms with E-state index in [0.717, 1.165) is 72.0 Å². The average molecular weight is 729 g/mol. The maximum absolute atomic E-state index is 9.40. The van der Waals surface area contributed by atoms with Crippen molar-refractivity contribution in [3.05, 3.63) is 200 Å². The molecule has 0 spiro atoms. The van der Waals surface area contributed by atoms with Crippen molar-refractivity contribution in [2.75, 3.05) is 0 Å². The number of fused-ring (bicyclic) bond motifs is 3. The standard InChI is InChI=1S/C52H32N4O/c53-33-34-10-7-15-41(30-34)43-17-8-16-42(31-43)37-22-26-40(27-23-37)51-54-50(39-13-5-2-6-14-39)55-52(56-51)44-28-29-46-48(32-44)57-47-19-9-18-45(49(46)47)38-24-20-36(21-25-38)35-11-3-1-4-12-35/h1-32H. The molecule has 2 aromatic heterocycles. The highest BCUT2D eigenvalue weighted by atomic mass is 16.3. The second-order valence-corrected chi connectivity index (χ2v) is 14.0. The van der Waals surface area contributed by atoms with Crippen molar-refractivity contribution in [1.29, 1.82) is 5.26 Å². The Hall–Kier alpha value is -7.94. The van der Waals surface area contributed by atoms with Gasteiger partial charge in [-0.25, -0.2) is 15.0 Å². The summed E-state index contributed by atoms with van der Waals surface area (Å²) in [5.41, 5.74) is 13.7. The van der Waals surface area contributed by atoms with Crippen LogP contribution in [-0.4, -0.2) is 15.0 Å². The first kappa shape index (κ1) is 33.6. The van der Waals surface area contributed by atoms with E-state index in [0.29, 0.717) is 23.0 Å². The van der Waals surface area contributed by atoms with Crippen LogP contribution in [0.25, 0.3) is 101 Å². The third-order valence-electron chi connectivity index (χ3n) is 10.4. The predicted octanol–water partition coefficient (Wildman–Crippen LogP) is 13.3. The van der Waals surface area contributed by atoms with E-state index in [-0.39, 0.29) is 0 Å². The van der Waals surface area contributed by atoms with Crippen molar-refractivity contribution in [1.82, 2.24) is 15.0 Å². The zero-order valence-electron chi connectivity index (χ0n) is 30.7. The summed E-state index contributed by atoms with van der Waals surface area (Å²) in [7, 11) is 0.